The van der Waals surface area contributed by atoms with Crippen LogP contribution in [-0.2, 0) is 12.6 Å². The Bertz CT molecular complexity index is 290. The SMILES string of the molecule is CN(C)CCc1[c]c(C(F)(F)F)n[nH]1. The van der Waals surface area contributed by atoms with Gasteiger partial charge in [-0.25, -0.2) is 0 Å². The molecule has 0 spiro atoms. The van der Waals surface area contributed by atoms with Gasteiger partial charge in [0.1, 0.15) is 0 Å². The number of nitrogens with zero attached hydrogens (tertiary/aromatic N) is 2. The first-order valence-corrected chi connectivity index (χ1v) is 4.08. The monoisotopic (exact) mass is 206 g/mol. The Morgan fingerprint density at radius 1 is 1.43 bits per heavy atom. The van der Waals surface area contributed by atoms with Crippen molar-refractivity contribution in [3.63, 3.8) is 0 Å². The van der Waals surface area contributed by atoms with E-state index >= 15 is 0 Å². The van der Waals surface area contributed by atoms with Crippen molar-refractivity contribution >= 4 is 0 Å². The maximum atomic E-state index is 12.1. The zero-order chi connectivity index (χ0) is 10.8. The Balaban J connectivity index is 2.60. The van der Waals surface area contributed by atoms with Crippen molar-refractivity contribution in [2.24, 2.45) is 0 Å². The minimum Gasteiger partial charge on any atom is -0.309 e. The molecule has 0 unspecified atom stereocenters. The molecule has 1 N–H and O–H groups in total. The van der Waals surface area contributed by atoms with Gasteiger partial charge in [-0.2, -0.15) is 18.3 Å². The highest BCUT2D eigenvalue weighted by Gasteiger charge is 2.34. The van der Waals surface area contributed by atoms with Crippen LogP contribution in [0.15, 0.2) is 0 Å². The summed E-state index contributed by atoms with van der Waals surface area (Å²) in [5.41, 5.74) is -0.600. The molecule has 1 heterocycles. The zero-order valence-electron chi connectivity index (χ0n) is 7.94. The summed E-state index contributed by atoms with van der Waals surface area (Å²) in [5.74, 6) is 0. The highest BCUT2D eigenvalue weighted by molar-refractivity contribution is 5.09. The standard InChI is InChI=1S/C8H11F3N3/c1-14(2)4-3-6-5-7(13-12-6)8(9,10)11/h3-4H2,1-2H3,(H,12,13). The van der Waals surface area contributed by atoms with Gasteiger partial charge in [-0.1, -0.05) is 0 Å². The molecule has 6 heteroatoms. The van der Waals surface area contributed by atoms with Gasteiger partial charge >= 0.3 is 6.18 Å². The van der Waals surface area contributed by atoms with Crippen LogP contribution in [0, 0.1) is 6.07 Å². The fraction of sp³-hybridized carbons (Fsp3) is 0.625. The van der Waals surface area contributed by atoms with Gasteiger partial charge in [0.25, 0.3) is 0 Å². The van der Waals surface area contributed by atoms with Crippen LogP contribution in [0.4, 0.5) is 13.2 Å². The average Bonchev–Trinajstić information content (AvgIpc) is 2.47. The molecule has 79 valence electrons. The lowest BCUT2D eigenvalue weighted by atomic mass is 10.3. The summed E-state index contributed by atoms with van der Waals surface area (Å²) in [7, 11) is 3.70. The number of hydrogen-bond donors (Lipinski definition) is 1. The maximum Gasteiger partial charge on any atom is 0.435 e. The molecule has 0 amide bonds. The molecule has 3 nitrogen and oxygen atoms in total. The van der Waals surface area contributed by atoms with Crippen molar-refractivity contribution in [3.05, 3.63) is 17.5 Å². The Hall–Kier alpha value is -1.04. The number of H-pyrrole nitrogens is 1. The smallest absolute Gasteiger partial charge is 0.309 e. The van der Waals surface area contributed by atoms with Crippen LogP contribution < -0.4 is 0 Å². The molecule has 1 rings (SSSR count). The van der Waals surface area contributed by atoms with Gasteiger partial charge in [0, 0.05) is 24.7 Å². The highest BCUT2D eigenvalue weighted by Crippen LogP contribution is 2.27. The molecule has 0 aromatic carbocycles. The average molecular weight is 206 g/mol. The summed E-state index contributed by atoms with van der Waals surface area (Å²) in [6.45, 7) is 0.663. The topological polar surface area (TPSA) is 31.9 Å². The zero-order valence-corrected chi connectivity index (χ0v) is 7.94. The molecule has 0 fully saturated rings. The first-order valence-electron chi connectivity index (χ1n) is 4.08. The quantitative estimate of drug-likeness (QED) is 0.809. The molecule has 0 atom stereocenters. The van der Waals surface area contributed by atoms with Gasteiger partial charge in [-0.15, -0.1) is 0 Å². The minimum absolute atomic E-state index is 0.381. The van der Waals surface area contributed by atoms with Crippen molar-refractivity contribution in [3.8, 4) is 0 Å². The summed E-state index contributed by atoms with van der Waals surface area (Å²) in [6, 6.07) is 2.19. The number of likely N-dealkylation sites (N-methyl/N-ethyl adjacent to an activating group) is 1. The summed E-state index contributed by atoms with van der Waals surface area (Å²) in [5, 5.41) is 5.46. The molecular weight excluding hydrogens is 195 g/mol. The van der Waals surface area contributed by atoms with Crippen LogP contribution >= 0.6 is 0 Å². The Labute approximate surface area is 79.9 Å². The molecule has 0 saturated heterocycles. The first-order chi connectivity index (χ1) is 6.39. The second-order valence-electron chi connectivity index (χ2n) is 3.23. The van der Waals surface area contributed by atoms with Crippen LogP contribution in [0.5, 0.6) is 0 Å². The number of aromatic nitrogens is 2. The normalized spacial score (nSPS) is 12.4. The van der Waals surface area contributed by atoms with E-state index in [9.17, 15) is 13.2 Å². The molecule has 1 aromatic heterocycles. The van der Waals surface area contributed by atoms with Gasteiger partial charge in [0.05, 0.1) is 0 Å². The van der Waals surface area contributed by atoms with E-state index in [1.54, 1.807) is 0 Å². The molecule has 0 saturated carbocycles. The molecular formula is C8H11F3N3. The summed E-state index contributed by atoms with van der Waals surface area (Å²) >= 11 is 0. The van der Waals surface area contributed by atoms with Gasteiger partial charge in [-0.05, 0) is 14.1 Å². The van der Waals surface area contributed by atoms with Gasteiger partial charge in [0.2, 0.25) is 0 Å². The lowest BCUT2D eigenvalue weighted by molar-refractivity contribution is -0.141. The van der Waals surface area contributed by atoms with Crippen LogP contribution in [0.3, 0.4) is 0 Å². The lowest BCUT2D eigenvalue weighted by Crippen LogP contribution is -2.15. The van der Waals surface area contributed by atoms with E-state index in [0.717, 1.165) is 0 Å². The second kappa shape index (κ2) is 4.00. The van der Waals surface area contributed by atoms with Crippen LogP contribution in [-0.4, -0.2) is 35.7 Å². The number of rotatable bonds is 3. The third kappa shape index (κ3) is 3.02. The second-order valence-corrected chi connectivity index (χ2v) is 3.23. The number of aromatic amines is 1. The number of nitrogens with one attached hydrogen (secondary N) is 1. The highest BCUT2D eigenvalue weighted by atomic mass is 19.4. The number of hydrogen-bond acceptors (Lipinski definition) is 2. The third-order valence-electron chi connectivity index (χ3n) is 1.65. The molecule has 1 radical (unpaired) electrons. The Morgan fingerprint density at radius 2 is 2.07 bits per heavy atom. The number of alkyl halides is 3. The van der Waals surface area contributed by atoms with E-state index in [1.807, 2.05) is 19.0 Å². The lowest BCUT2D eigenvalue weighted by Gasteiger charge is -2.06. The van der Waals surface area contributed by atoms with E-state index in [2.05, 4.69) is 16.3 Å². The summed E-state index contributed by atoms with van der Waals surface area (Å²) in [6.07, 6.45) is -3.93. The van der Waals surface area contributed by atoms with E-state index < -0.39 is 11.9 Å². The van der Waals surface area contributed by atoms with Crippen LogP contribution in [0.1, 0.15) is 11.4 Å². The Morgan fingerprint density at radius 3 is 2.50 bits per heavy atom. The fourth-order valence-electron chi connectivity index (χ4n) is 0.910. The van der Waals surface area contributed by atoms with Crippen molar-refractivity contribution in [2.75, 3.05) is 20.6 Å². The molecule has 0 aliphatic carbocycles. The maximum absolute atomic E-state index is 12.1. The van der Waals surface area contributed by atoms with E-state index in [1.165, 1.54) is 0 Å². The molecule has 0 aliphatic rings. The Kier molecular flexibility index (Phi) is 3.15. The molecule has 1 aromatic rings. The van der Waals surface area contributed by atoms with E-state index in [-0.39, 0.29) is 0 Å². The van der Waals surface area contributed by atoms with Crippen molar-refractivity contribution in [2.45, 2.75) is 12.6 Å². The van der Waals surface area contributed by atoms with Crippen molar-refractivity contribution in [1.29, 1.82) is 0 Å². The van der Waals surface area contributed by atoms with Gasteiger partial charge < -0.3 is 4.90 Å². The fourth-order valence-corrected chi connectivity index (χ4v) is 0.910. The van der Waals surface area contributed by atoms with Gasteiger partial charge in [-0.3, -0.25) is 5.10 Å². The minimum atomic E-state index is -4.41. The van der Waals surface area contributed by atoms with Gasteiger partial charge in [0.15, 0.2) is 5.69 Å². The molecule has 14 heavy (non-hydrogen) atoms. The van der Waals surface area contributed by atoms with E-state index in [4.69, 9.17) is 0 Å². The summed E-state index contributed by atoms with van der Waals surface area (Å²) in [4.78, 5) is 1.88. The summed E-state index contributed by atoms with van der Waals surface area (Å²) < 4.78 is 36.2. The predicted molar refractivity (Wildman–Crippen MR) is 44.7 cm³/mol. The molecule has 0 bridgehead atoms. The first kappa shape index (κ1) is 11.0. The molecule has 0 aliphatic heterocycles. The largest absolute Gasteiger partial charge is 0.435 e. The van der Waals surface area contributed by atoms with Crippen molar-refractivity contribution in [1.82, 2.24) is 15.1 Å². The third-order valence-corrected chi connectivity index (χ3v) is 1.65. The van der Waals surface area contributed by atoms with Crippen LogP contribution in [0.2, 0.25) is 0 Å². The van der Waals surface area contributed by atoms with Crippen molar-refractivity contribution < 1.29 is 13.2 Å². The van der Waals surface area contributed by atoms with E-state index in [0.29, 0.717) is 18.7 Å². The predicted octanol–water partition coefficient (Wildman–Crippen LogP) is 1.33. The van der Waals surface area contributed by atoms with Crippen LogP contribution in [0.25, 0.3) is 0 Å². The number of halogens is 3.